The topological polar surface area (TPSA) is 163 Å². The SMILES string of the molecule is COS(=O)(=O)c1cc(NC(=O)Oc2ccccc2)ccc1/C=C/c1ccc(NC(=O)Oc2ccccc2)cc1S(=O)(=O)OC. The van der Waals surface area contributed by atoms with Crippen molar-refractivity contribution in [3.63, 3.8) is 0 Å². The zero-order valence-electron chi connectivity index (χ0n) is 23.3. The minimum atomic E-state index is -4.29. The number of amides is 2. The van der Waals surface area contributed by atoms with Crippen molar-refractivity contribution < 1.29 is 44.3 Å². The summed E-state index contributed by atoms with van der Waals surface area (Å²) in [5, 5.41) is 4.91. The standard InChI is InChI=1S/C30H26N2O10S2/c1-39-43(35,36)27-19-23(31-29(33)41-25-9-5-3-6-10-25)17-15-21(27)13-14-22-16-18-24(20-28(22)44(37,38)40-2)32-30(34)42-26-11-7-4-8-12-26/h3-20H,1-2H3,(H,31,33)(H,32,34)/b14-13+. The Morgan fingerprint density at radius 3 is 1.27 bits per heavy atom. The zero-order chi connectivity index (χ0) is 31.7. The molecule has 14 heteroatoms. The Bertz CT molecular complexity index is 1760. The van der Waals surface area contributed by atoms with Crippen molar-refractivity contribution >= 4 is 55.9 Å². The van der Waals surface area contributed by atoms with Gasteiger partial charge in [0.25, 0.3) is 20.2 Å². The number of carbonyl (C=O) groups is 2. The highest BCUT2D eigenvalue weighted by molar-refractivity contribution is 7.87. The third-order valence-corrected chi connectivity index (χ3v) is 8.51. The van der Waals surface area contributed by atoms with Crippen LogP contribution in [0.5, 0.6) is 11.5 Å². The normalized spacial score (nSPS) is 11.6. The summed E-state index contributed by atoms with van der Waals surface area (Å²) in [4.78, 5) is 24.0. The van der Waals surface area contributed by atoms with E-state index in [1.54, 1.807) is 60.7 Å². The minimum Gasteiger partial charge on any atom is -0.410 e. The van der Waals surface area contributed by atoms with Gasteiger partial charge in [-0.25, -0.2) is 9.59 Å². The van der Waals surface area contributed by atoms with E-state index < -0.39 is 32.4 Å². The quantitative estimate of drug-likeness (QED) is 0.161. The maximum Gasteiger partial charge on any atom is 0.417 e. The molecular weight excluding hydrogens is 612 g/mol. The lowest BCUT2D eigenvalue weighted by atomic mass is 10.1. The van der Waals surface area contributed by atoms with Crippen LogP contribution in [0.1, 0.15) is 11.1 Å². The van der Waals surface area contributed by atoms with Gasteiger partial charge in [-0.15, -0.1) is 0 Å². The van der Waals surface area contributed by atoms with E-state index in [0.717, 1.165) is 14.2 Å². The monoisotopic (exact) mass is 638 g/mol. The molecule has 0 atom stereocenters. The predicted molar refractivity (Wildman–Crippen MR) is 162 cm³/mol. The smallest absolute Gasteiger partial charge is 0.410 e. The molecule has 0 bridgehead atoms. The number of anilines is 2. The van der Waals surface area contributed by atoms with E-state index in [1.165, 1.54) is 48.6 Å². The highest BCUT2D eigenvalue weighted by Crippen LogP contribution is 2.28. The molecule has 2 N–H and O–H groups in total. The van der Waals surface area contributed by atoms with Crippen LogP contribution in [0.3, 0.4) is 0 Å². The summed E-state index contributed by atoms with van der Waals surface area (Å²) >= 11 is 0. The average molecular weight is 639 g/mol. The summed E-state index contributed by atoms with van der Waals surface area (Å²) in [7, 11) is -6.62. The lowest BCUT2D eigenvalue weighted by Crippen LogP contribution is -2.17. The van der Waals surface area contributed by atoms with Crippen molar-refractivity contribution in [3.8, 4) is 11.5 Å². The second-order valence-electron chi connectivity index (χ2n) is 8.74. The molecule has 0 unspecified atom stereocenters. The van der Waals surface area contributed by atoms with Crippen LogP contribution in [0.2, 0.25) is 0 Å². The molecule has 44 heavy (non-hydrogen) atoms. The fourth-order valence-corrected chi connectivity index (χ4v) is 5.52. The van der Waals surface area contributed by atoms with E-state index in [-0.39, 0.29) is 43.8 Å². The third-order valence-electron chi connectivity index (χ3n) is 5.85. The summed E-state index contributed by atoms with van der Waals surface area (Å²) in [6.07, 6.45) is 0.990. The van der Waals surface area contributed by atoms with Crippen molar-refractivity contribution in [1.29, 1.82) is 0 Å². The lowest BCUT2D eigenvalue weighted by molar-refractivity contribution is 0.214. The molecule has 0 aliphatic rings. The Morgan fingerprint density at radius 2 is 0.932 bits per heavy atom. The molecule has 0 spiro atoms. The third kappa shape index (κ3) is 8.29. The highest BCUT2D eigenvalue weighted by atomic mass is 32.2. The molecule has 0 aromatic heterocycles. The first kappa shape index (κ1) is 31.9. The Balaban J connectivity index is 1.62. The number of ether oxygens (including phenoxy) is 2. The molecule has 0 fully saturated rings. The van der Waals surface area contributed by atoms with Gasteiger partial charge in [0.2, 0.25) is 0 Å². The Hall–Kier alpha value is -5.02. The van der Waals surface area contributed by atoms with Crippen molar-refractivity contribution in [1.82, 2.24) is 0 Å². The molecule has 0 saturated carbocycles. The number of para-hydroxylation sites is 2. The first-order valence-electron chi connectivity index (χ1n) is 12.7. The van der Waals surface area contributed by atoms with E-state index in [1.807, 2.05) is 0 Å². The Labute approximate surface area is 254 Å². The number of nitrogens with one attached hydrogen (secondary N) is 2. The van der Waals surface area contributed by atoms with Gasteiger partial charge in [0.15, 0.2) is 0 Å². The summed E-state index contributed by atoms with van der Waals surface area (Å²) in [6.45, 7) is 0. The molecule has 0 aliphatic heterocycles. The van der Waals surface area contributed by atoms with Crippen molar-refractivity contribution in [2.75, 3.05) is 24.9 Å². The summed E-state index contributed by atoms with van der Waals surface area (Å²) in [5.74, 6) is 0.566. The van der Waals surface area contributed by atoms with Gasteiger partial charge >= 0.3 is 12.2 Å². The minimum absolute atomic E-state index is 0.0965. The van der Waals surface area contributed by atoms with Gasteiger partial charge in [-0.1, -0.05) is 60.7 Å². The van der Waals surface area contributed by atoms with Crippen molar-refractivity contribution in [3.05, 3.63) is 108 Å². The van der Waals surface area contributed by atoms with Crippen LogP contribution in [0, 0.1) is 0 Å². The molecule has 228 valence electrons. The van der Waals surface area contributed by atoms with Crippen molar-refractivity contribution in [2.24, 2.45) is 0 Å². The second-order valence-corrected chi connectivity index (χ2v) is 12.1. The molecular formula is C30H26N2O10S2. The largest absolute Gasteiger partial charge is 0.417 e. The molecule has 0 aliphatic carbocycles. The number of carbonyl (C=O) groups excluding carboxylic acids is 2. The molecule has 4 aromatic carbocycles. The number of hydrogen-bond donors (Lipinski definition) is 2. The fourth-order valence-electron chi connectivity index (χ4n) is 3.77. The van der Waals surface area contributed by atoms with E-state index in [0.29, 0.717) is 0 Å². The van der Waals surface area contributed by atoms with Gasteiger partial charge in [-0.2, -0.15) is 16.8 Å². The maximum atomic E-state index is 12.7. The van der Waals surface area contributed by atoms with E-state index in [4.69, 9.17) is 9.47 Å². The van der Waals surface area contributed by atoms with Gasteiger partial charge in [0.1, 0.15) is 21.3 Å². The summed E-state index contributed by atoms with van der Waals surface area (Å²) in [5.41, 5.74) is 0.421. The van der Waals surface area contributed by atoms with Crippen LogP contribution < -0.4 is 20.1 Å². The fraction of sp³-hybridized carbons (Fsp3) is 0.0667. The predicted octanol–water partition coefficient (Wildman–Crippen LogP) is 5.75. The molecule has 4 rings (SSSR count). The maximum absolute atomic E-state index is 12.7. The van der Waals surface area contributed by atoms with Crippen LogP contribution in [0.4, 0.5) is 21.0 Å². The zero-order valence-corrected chi connectivity index (χ0v) is 24.9. The first-order chi connectivity index (χ1) is 21.0. The van der Waals surface area contributed by atoms with Crippen LogP contribution in [-0.2, 0) is 28.6 Å². The van der Waals surface area contributed by atoms with Gasteiger partial charge < -0.3 is 9.47 Å². The summed E-state index contributed by atoms with van der Waals surface area (Å²) < 4.78 is 70.7. The molecule has 0 heterocycles. The second kappa shape index (κ2) is 14.0. The number of benzene rings is 4. The van der Waals surface area contributed by atoms with Crippen LogP contribution in [0.25, 0.3) is 12.2 Å². The highest BCUT2D eigenvalue weighted by Gasteiger charge is 2.21. The number of rotatable bonds is 10. The molecule has 4 aromatic rings. The van der Waals surface area contributed by atoms with Gasteiger partial charge in [0.05, 0.1) is 14.2 Å². The Kier molecular flexibility index (Phi) is 10.1. The molecule has 12 nitrogen and oxygen atoms in total. The Morgan fingerprint density at radius 1 is 0.568 bits per heavy atom. The van der Waals surface area contributed by atoms with Crippen LogP contribution in [-0.4, -0.2) is 43.2 Å². The van der Waals surface area contributed by atoms with Crippen molar-refractivity contribution in [2.45, 2.75) is 9.79 Å². The van der Waals surface area contributed by atoms with Gasteiger partial charge in [-0.3, -0.25) is 19.0 Å². The molecule has 2 amide bonds. The van der Waals surface area contributed by atoms with Crippen LogP contribution >= 0.6 is 0 Å². The lowest BCUT2D eigenvalue weighted by Gasteiger charge is -2.12. The molecule has 0 saturated heterocycles. The van der Waals surface area contributed by atoms with Gasteiger partial charge in [0, 0.05) is 11.4 Å². The molecule has 0 radical (unpaired) electrons. The number of hydrogen-bond acceptors (Lipinski definition) is 10. The van der Waals surface area contributed by atoms with E-state index >= 15 is 0 Å². The van der Waals surface area contributed by atoms with Crippen LogP contribution in [0.15, 0.2) is 107 Å². The van der Waals surface area contributed by atoms with E-state index in [2.05, 4.69) is 19.0 Å². The van der Waals surface area contributed by atoms with E-state index in [9.17, 15) is 26.4 Å². The summed E-state index contributed by atoms with van der Waals surface area (Å²) in [6, 6.07) is 24.5. The average Bonchev–Trinajstić information content (AvgIpc) is 3.01. The van der Waals surface area contributed by atoms with Gasteiger partial charge in [-0.05, 0) is 59.7 Å². The first-order valence-corrected chi connectivity index (χ1v) is 15.5.